The summed E-state index contributed by atoms with van der Waals surface area (Å²) in [5, 5.41) is 0. The maximum atomic E-state index is 12.7. The first-order chi connectivity index (χ1) is 9.55. The van der Waals surface area contributed by atoms with Gasteiger partial charge in [-0.2, -0.15) is 0 Å². The first-order valence-electron chi connectivity index (χ1n) is 7.06. The summed E-state index contributed by atoms with van der Waals surface area (Å²) in [6, 6.07) is 5.33. The van der Waals surface area contributed by atoms with Crippen molar-refractivity contribution >= 4 is 5.91 Å². The molecule has 1 amide bonds. The highest BCUT2D eigenvalue weighted by atomic mass is 16.5. The summed E-state index contributed by atoms with van der Waals surface area (Å²) in [6.07, 6.45) is 1.18. The van der Waals surface area contributed by atoms with Crippen LogP contribution in [0, 0.1) is 11.8 Å². The zero-order chi connectivity index (χ0) is 14.7. The second-order valence-corrected chi connectivity index (χ2v) is 5.72. The molecular weight excluding hydrogens is 254 g/mol. The van der Waals surface area contributed by atoms with Gasteiger partial charge in [0.1, 0.15) is 11.5 Å². The molecule has 1 aromatic rings. The van der Waals surface area contributed by atoms with Crippen LogP contribution in [0.2, 0.25) is 0 Å². The molecule has 1 heterocycles. The standard InChI is InChI=1S/C16H23NO3/c1-11-7-12(2)10-17(9-11)16(18)14-6-5-13(19-3)8-15(14)20-4/h5-6,8,11-12H,7,9-10H2,1-4H3/t11-,12+. The maximum Gasteiger partial charge on any atom is 0.257 e. The predicted octanol–water partition coefficient (Wildman–Crippen LogP) is 2.82. The maximum absolute atomic E-state index is 12.7. The van der Waals surface area contributed by atoms with Crippen LogP contribution < -0.4 is 9.47 Å². The SMILES string of the molecule is COc1ccc(C(=O)N2C[C@H](C)C[C@H](C)C2)c(OC)c1. The Hall–Kier alpha value is -1.71. The fraction of sp³-hybridized carbons (Fsp3) is 0.562. The monoisotopic (exact) mass is 277 g/mol. The van der Waals surface area contributed by atoms with Gasteiger partial charge in [-0.3, -0.25) is 4.79 Å². The summed E-state index contributed by atoms with van der Waals surface area (Å²) in [5.74, 6) is 2.40. The topological polar surface area (TPSA) is 38.8 Å². The molecule has 1 aromatic carbocycles. The van der Waals surface area contributed by atoms with Gasteiger partial charge in [-0.25, -0.2) is 0 Å². The van der Waals surface area contributed by atoms with Gasteiger partial charge < -0.3 is 14.4 Å². The third-order valence-corrected chi connectivity index (χ3v) is 3.80. The molecule has 4 nitrogen and oxygen atoms in total. The molecule has 0 unspecified atom stereocenters. The van der Waals surface area contributed by atoms with E-state index in [0.717, 1.165) is 13.1 Å². The van der Waals surface area contributed by atoms with Crippen molar-refractivity contribution in [1.82, 2.24) is 4.90 Å². The van der Waals surface area contributed by atoms with Crippen LogP contribution in [0.15, 0.2) is 18.2 Å². The van der Waals surface area contributed by atoms with Crippen molar-refractivity contribution in [1.29, 1.82) is 0 Å². The minimum atomic E-state index is 0.0444. The van der Waals surface area contributed by atoms with Gasteiger partial charge in [0.05, 0.1) is 19.8 Å². The van der Waals surface area contributed by atoms with E-state index in [-0.39, 0.29) is 5.91 Å². The lowest BCUT2D eigenvalue weighted by molar-refractivity contribution is 0.0620. The summed E-state index contributed by atoms with van der Waals surface area (Å²) in [5.41, 5.74) is 0.606. The highest BCUT2D eigenvalue weighted by Gasteiger charge is 2.27. The first kappa shape index (κ1) is 14.7. The van der Waals surface area contributed by atoms with Gasteiger partial charge in [0.15, 0.2) is 0 Å². The van der Waals surface area contributed by atoms with E-state index in [1.165, 1.54) is 6.42 Å². The summed E-state index contributed by atoms with van der Waals surface area (Å²) < 4.78 is 10.5. The lowest BCUT2D eigenvalue weighted by Gasteiger charge is -2.35. The zero-order valence-electron chi connectivity index (χ0n) is 12.7. The predicted molar refractivity (Wildman–Crippen MR) is 78.4 cm³/mol. The molecular formula is C16H23NO3. The Bertz CT molecular complexity index is 477. The van der Waals surface area contributed by atoms with Crippen LogP contribution in [0.4, 0.5) is 0 Å². The van der Waals surface area contributed by atoms with Crippen LogP contribution in [0.5, 0.6) is 11.5 Å². The van der Waals surface area contributed by atoms with Crippen molar-refractivity contribution in [3.63, 3.8) is 0 Å². The fourth-order valence-corrected chi connectivity index (χ4v) is 2.97. The van der Waals surface area contributed by atoms with Gasteiger partial charge in [0, 0.05) is 19.2 Å². The molecule has 1 aliphatic rings. The third kappa shape index (κ3) is 3.06. The van der Waals surface area contributed by atoms with Crippen LogP contribution >= 0.6 is 0 Å². The van der Waals surface area contributed by atoms with Crippen molar-refractivity contribution < 1.29 is 14.3 Å². The number of rotatable bonds is 3. The molecule has 1 saturated heterocycles. The Morgan fingerprint density at radius 1 is 1.15 bits per heavy atom. The van der Waals surface area contributed by atoms with E-state index in [4.69, 9.17) is 9.47 Å². The minimum Gasteiger partial charge on any atom is -0.497 e. The third-order valence-electron chi connectivity index (χ3n) is 3.80. The summed E-state index contributed by atoms with van der Waals surface area (Å²) in [4.78, 5) is 14.6. The molecule has 110 valence electrons. The molecule has 0 aromatic heterocycles. The highest BCUT2D eigenvalue weighted by molar-refractivity contribution is 5.97. The van der Waals surface area contributed by atoms with Gasteiger partial charge in [0.2, 0.25) is 0 Å². The molecule has 0 spiro atoms. The van der Waals surface area contributed by atoms with Crippen LogP contribution in [0.3, 0.4) is 0 Å². The van der Waals surface area contributed by atoms with Crippen molar-refractivity contribution in [2.45, 2.75) is 20.3 Å². The van der Waals surface area contributed by atoms with Crippen LogP contribution in [-0.4, -0.2) is 38.1 Å². The Balaban J connectivity index is 2.24. The van der Waals surface area contributed by atoms with Crippen molar-refractivity contribution in [3.05, 3.63) is 23.8 Å². The number of benzene rings is 1. The molecule has 2 rings (SSSR count). The highest BCUT2D eigenvalue weighted by Crippen LogP contribution is 2.28. The molecule has 1 aliphatic heterocycles. The zero-order valence-corrected chi connectivity index (χ0v) is 12.7. The normalized spacial score (nSPS) is 22.5. The van der Waals surface area contributed by atoms with Crippen LogP contribution in [0.1, 0.15) is 30.6 Å². The first-order valence-corrected chi connectivity index (χ1v) is 7.06. The number of ether oxygens (including phenoxy) is 2. The number of methoxy groups -OCH3 is 2. The summed E-state index contributed by atoms with van der Waals surface area (Å²) >= 11 is 0. The Morgan fingerprint density at radius 3 is 2.35 bits per heavy atom. The molecule has 1 fully saturated rings. The second kappa shape index (κ2) is 6.16. The van der Waals surface area contributed by atoms with E-state index in [2.05, 4.69) is 13.8 Å². The molecule has 0 bridgehead atoms. The Morgan fingerprint density at radius 2 is 1.80 bits per heavy atom. The van der Waals surface area contributed by atoms with Crippen LogP contribution in [-0.2, 0) is 0 Å². The molecule has 2 atom stereocenters. The number of piperidine rings is 1. The number of carbonyl (C=O) groups is 1. The number of hydrogen-bond acceptors (Lipinski definition) is 3. The van der Waals surface area contributed by atoms with Crippen LogP contribution in [0.25, 0.3) is 0 Å². The Kier molecular flexibility index (Phi) is 4.53. The van der Waals surface area contributed by atoms with Crippen molar-refractivity contribution in [2.75, 3.05) is 27.3 Å². The van der Waals surface area contributed by atoms with Gasteiger partial charge in [-0.15, -0.1) is 0 Å². The molecule has 0 radical (unpaired) electrons. The average molecular weight is 277 g/mol. The number of amides is 1. The quantitative estimate of drug-likeness (QED) is 0.852. The van der Waals surface area contributed by atoms with Gasteiger partial charge in [-0.1, -0.05) is 13.8 Å². The lowest BCUT2D eigenvalue weighted by atomic mass is 9.91. The van der Waals surface area contributed by atoms with E-state index < -0.39 is 0 Å². The van der Waals surface area contributed by atoms with Crippen molar-refractivity contribution in [3.8, 4) is 11.5 Å². The average Bonchev–Trinajstić information content (AvgIpc) is 2.44. The molecule has 4 heteroatoms. The lowest BCUT2D eigenvalue weighted by Crippen LogP contribution is -2.42. The van der Waals surface area contributed by atoms with E-state index in [1.807, 2.05) is 4.90 Å². The Labute approximate surface area is 120 Å². The number of carbonyl (C=O) groups excluding carboxylic acids is 1. The van der Waals surface area contributed by atoms with E-state index in [1.54, 1.807) is 32.4 Å². The van der Waals surface area contributed by atoms with Gasteiger partial charge in [-0.05, 0) is 30.4 Å². The van der Waals surface area contributed by atoms with Gasteiger partial charge in [0.25, 0.3) is 5.91 Å². The fourth-order valence-electron chi connectivity index (χ4n) is 2.97. The second-order valence-electron chi connectivity index (χ2n) is 5.72. The smallest absolute Gasteiger partial charge is 0.257 e. The van der Waals surface area contributed by atoms with E-state index in [0.29, 0.717) is 28.9 Å². The largest absolute Gasteiger partial charge is 0.497 e. The minimum absolute atomic E-state index is 0.0444. The van der Waals surface area contributed by atoms with Crippen molar-refractivity contribution in [2.24, 2.45) is 11.8 Å². The van der Waals surface area contributed by atoms with E-state index >= 15 is 0 Å². The molecule has 0 aliphatic carbocycles. The number of hydrogen-bond donors (Lipinski definition) is 0. The summed E-state index contributed by atoms with van der Waals surface area (Å²) in [7, 11) is 3.18. The van der Waals surface area contributed by atoms with E-state index in [9.17, 15) is 4.79 Å². The number of likely N-dealkylation sites (tertiary alicyclic amines) is 1. The van der Waals surface area contributed by atoms with Gasteiger partial charge >= 0.3 is 0 Å². The molecule has 0 saturated carbocycles. The summed E-state index contributed by atoms with van der Waals surface area (Å²) in [6.45, 7) is 6.03. The number of nitrogens with zero attached hydrogens (tertiary/aromatic N) is 1. The molecule has 0 N–H and O–H groups in total. The molecule has 20 heavy (non-hydrogen) atoms.